The molecule has 27 heavy (non-hydrogen) atoms. The molecule has 0 fully saturated rings. The average molecular weight is 362 g/mol. The van der Waals surface area contributed by atoms with Crippen LogP contribution in [0.5, 0.6) is 5.75 Å². The molecule has 3 aromatic rings. The summed E-state index contributed by atoms with van der Waals surface area (Å²) >= 11 is 0. The summed E-state index contributed by atoms with van der Waals surface area (Å²) in [5, 5.41) is 13.6. The van der Waals surface area contributed by atoms with Crippen LogP contribution in [-0.2, 0) is 11.2 Å². The van der Waals surface area contributed by atoms with Crippen molar-refractivity contribution < 1.29 is 14.5 Å². The first kappa shape index (κ1) is 18.1. The molecule has 3 rings (SSSR count). The number of non-ortho nitro benzene ring substituents is 1. The van der Waals surface area contributed by atoms with Crippen molar-refractivity contribution in [2.75, 3.05) is 12.4 Å². The molecule has 0 aliphatic rings. The molecule has 0 saturated heterocycles. The molecule has 0 spiro atoms. The average Bonchev–Trinajstić information content (AvgIpc) is 2.69. The Morgan fingerprint density at radius 3 is 2.30 bits per heavy atom. The van der Waals surface area contributed by atoms with Crippen molar-refractivity contribution in [2.24, 2.45) is 0 Å². The highest BCUT2D eigenvalue weighted by Crippen LogP contribution is 2.29. The van der Waals surface area contributed by atoms with Crippen LogP contribution < -0.4 is 10.1 Å². The van der Waals surface area contributed by atoms with Crippen molar-refractivity contribution in [2.45, 2.75) is 6.42 Å². The van der Waals surface area contributed by atoms with Crippen LogP contribution >= 0.6 is 0 Å². The molecule has 6 nitrogen and oxygen atoms in total. The molecule has 0 radical (unpaired) electrons. The lowest BCUT2D eigenvalue weighted by atomic mass is 10.0. The first-order valence-corrected chi connectivity index (χ1v) is 8.33. The van der Waals surface area contributed by atoms with Crippen LogP contribution in [0.4, 0.5) is 11.4 Å². The monoisotopic (exact) mass is 362 g/mol. The minimum Gasteiger partial charge on any atom is -0.495 e. The molecule has 3 aromatic carbocycles. The second kappa shape index (κ2) is 8.14. The van der Waals surface area contributed by atoms with E-state index in [2.05, 4.69) is 5.32 Å². The Labute approximate surface area is 156 Å². The summed E-state index contributed by atoms with van der Waals surface area (Å²) in [5.41, 5.74) is 3.18. The maximum absolute atomic E-state index is 12.3. The van der Waals surface area contributed by atoms with Gasteiger partial charge in [-0.1, -0.05) is 54.6 Å². The van der Waals surface area contributed by atoms with Gasteiger partial charge in [-0.05, 0) is 22.8 Å². The molecule has 0 unspecified atom stereocenters. The van der Waals surface area contributed by atoms with Crippen LogP contribution in [-0.4, -0.2) is 17.9 Å². The number of hydrogen-bond donors (Lipinski definition) is 1. The van der Waals surface area contributed by atoms with E-state index in [1.165, 1.54) is 25.3 Å². The van der Waals surface area contributed by atoms with Crippen LogP contribution in [0.15, 0.2) is 72.8 Å². The number of nitro benzene ring substituents is 1. The first-order valence-electron chi connectivity index (χ1n) is 8.33. The predicted molar refractivity (Wildman–Crippen MR) is 104 cm³/mol. The number of ether oxygens (including phenoxy) is 1. The molecule has 0 aliphatic carbocycles. The maximum Gasteiger partial charge on any atom is 0.271 e. The molecule has 1 N–H and O–H groups in total. The molecule has 0 aromatic heterocycles. The van der Waals surface area contributed by atoms with Crippen LogP contribution in [0, 0.1) is 10.1 Å². The summed E-state index contributed by atoms with van der Waals surface area (Å²) in [6.45, 7) is 0. The number of carbonyl (C=O) groups excluding carboxylic acids is 1. The van der Waals surface area contributed by atoms with Gasteiger partial charge in [-0.2, -0.15) is 0 Å². The van der Waals surface area contributed by atoms with E-state index in [9.17, 15) is 14.9 Å². The maximum atomic E-state index is 12.3. The van der Waals surface area contributed by atoms with E-state index in [4.69, 9.17) is 4.74 Å². The Balaban J connectivity index is 1.71. The summed E-state index contributed by atoms with van der Waals surface area (Å²) in [7, 11) is 1.44. The Hall–Kier alpha value is -3.67. The van der Waals surface area contributed by atoms with E-state index in [-0.39, 0.29) is 23.7 Å². The van der Waals surface area contributed by atoms with Gasteiger partial charge in [0, 0.05) is 12.1 Å². The van der Waals surface area contributed by atoms with Crippen molar-refractivity contribution in [1.82, 2.24) is 0 Å². The van der Waals surface area contributed by atoms with Crippen molar-refractivity contribution >= 4 is 17.3 Å². The number of hydrogen-bond acceptors (Lipinski definition) is 4. The van der Waals surface area contributed by atoms with Crippen LogP contribution in [0.1, 0.15) is 5.56 Å². The zero-order valence-corrected chi connectivity index (χ0v) is 14.7. The molecule has 0 atom stereocenters. The molecule has 0 heterocycles. The van der Waals surface area contributed by atoms with E-state index >= 15 is 0 Å². The predicted octanol–water partition coefficient (Wildman–Crippen LogP) is 4.45. The van der Waals surface area contributed by atoms with Gasteiger partial charge in [0.05, 0.1) is 24.1 Å². The number of nitrogens with one attached hydrogen (secondary N) is 1. The first-order chi connectivity index (χ1) is 13.1. The van der Waals surface area contributed by atoms with E-state index in [0.29, 0.717) is 5.75 Å². The number of nitro groups is 1. The van der Waals surface area contributed by atoms with Crippen LogP contribution in [0.3, 0.4) is 0 Å². The second-order valence-corrected chi connectivity index (χ2v) is 5.93. The Morgan fingerprint density at radius 1 is 1.00 bits per heavy atom. The van der Waals surface area contributed by atoms with Gasteiger partial charge in [-0.3, -0.25) is 14.9 Å². The second-order valence-electron chi connectivity index (χ2n) is 5.93. The molecule has 0 bridgehead atoms. The van der Waals surface area contributed by atoms with Crippen molar-refractivity contribution in [3.63, 3.8) is 0 Å². The number of rotatable bonds is 6. The standard InChI is InChI=1S/C21H18N2O4/c1-27-20-12-11-18(23(25)26)14-19(20)22-21(24)13-15-7-9-17(10-8-15)16-5-3-2-4-6-16/h2-12,14H,13H2,1H3,(H,22,24). The Bertz CT molecular complexity index is 954. The molecular formula is C21H18N2O4. The topological polar surface area (TPSA) is 81.5 Å². The zero-order chi connectivity index (χ0) is 19.2. The summed E-state index contributed by atoms with van der Waals surface area (Å²) in [6.07, 6.45) is 0.154. The fourth-order valence-corrected chi connectivity index (χ4v) is 2.73. The lowest BCUT2D eigenvalue weighted by molar-refractivity contribution is -0.384. The third kappa shape index (κ3) is 4.49. The number of nitrogens with zero attached hydrogens (tertiary/aromatic N) is 1. The van der Waals surface area contributed by atoms with E-state index in [0.717, 1.165) is 16.7 Å². The number of anilines is 1. The Kier molecular flexibility index (Phi) is 5.47. The third-order valence-electron chi connectivity index (χ3n) is 4.09. The fourth-order valence-electron chi connectivity index (χ4n) is 2.73. The lowest BCUT2D eigenvalue weighted by Crippen LogP contribution is -2.15. The van der Waals surface area contributed by atoms with Crippen molar-refractivity contribution in [3.8, 4) is 16.9 Å². The molecule has 6 heteroatoms. The molecule has 136 valence electrons. The number of benzene rings is 3. The number of amides is 1. The highest BCUT2D eigenvalue weighted by atomic mass is 16.6. The van der Waals surface area contributed by atoms with E-state index in [1.807, 2.05) is 54.6 Å². The van der Waals surface area contributed by atoms with Gasteiger partial charge in [0.2, 0.25) is 5.91 Å². The van der Waals surface area contributed by atoms with Gasteiger partial charge in [0.15, 0.2) is 0 Å². The highest BCUT2D eigenvalue weighted by Gasteiger charge is 2.14. The minimum atomic E-state index is -0.516. The zero-order valence-electron chi connectivity index (χ0n) is 14.7. The summed E-state index contributed by atoms with van der Waals surface area (Å²) < 4.78 is 5.16. The van der Waals surface area contributed by atoms with E-state index < -0.39 is 4.92 Å². The van der Waals surface area contributed by atoms with Crippen molar-refractivity contribution in [1.29, 1.82) is 0 Å². The van der Waals surface area contributed by atoms with Gasteiger partial charge in [0.1, 0.15) is 5.75 Å². The lowest BCUT2D eigenvalue weighted by Gasteiger charge is -2.10. The number of carbonyl (C=O) groups is 1. The smallest absolute Gasteiger partial charge is 0.271 e. The summed E-state index contributed by atoms with van der Waals surface area (Å²) in [6, 6.07) is 21.8. The van der Waals surface area contributed by atoms with Crippen molar-refractivity contribution in [3.05, 3.63) is 88.5 Å². The van der Waals surface area contributed by atoms with Gasteiger partial charge in [-0.25, -0.2) is 0 Å². The molecule has 1 amide bonds. The minimum absolute atomic E-state index is 0.113. The third-order valence-corrected chi connectivity index (χ3v) is 4.09. The summed E-state index contributed by atoms with van der Waals surface area (Å²) in [4.78, 5) is 22.8. The van der Waals surface area contributed by atoms with E-state index in [1.54, 1.807) is 0 Å². The largest absolute Gasteiger partial charge is 0.495 e. The van der Waals surface area contributed by atoms with Crippen LogP contribution in [0.25, 0.3) is 11.1 Å². The molecular weight excluding hydrogens is 344 g/mol. The van der Waals surface area contributed by atoms with Gasteiger partial charge < -0.3 is 10.1 Å². The quantitative estimate of drug-likeness (QED) is 0.519. The number of methoxy groups -OCH3 is 1. The van der Waals surface area contributed by atoms with Gasteiger partial charge in [-0.15, -0.1) is 0 Å². The molecule has 0 saturated carbocycles. The fraction of sp³-hybridized carbons (Fsp3) is 0.0952. The normalized spacial score (nSPS) is 10.3. The summed E-state index contributed by atoms with van der Waals surface area (Å²) in [5.74, 6) is 0.0923. The Morgan fingerprint density at radius 2 is 1.67 bits per heavy atom. The SMILES string of the molecule is COc1ccc([N+](=O)[O-])cc1NC(=O)Cc1ccc(-c2ccccc2)cc1. The van der Waals surface area contributed by atoms with Crippen LogP contribution in [0.2, 0.25) is 0 Å². The van der Waals surface area contributed by atoms with Gasteiger partial charge in [0.25, 0.3) is 5.69 Å². The highest BCUT2D eigenvalue weighted by molar-refractivity contribution is 5.94. The van der Waals surface area contributed by atoms with Gasteiger partial charge >= 0.3 is 0 Å². The molecule has 0 aliphatic heterocycles.